The van der Waals surface area contributed by atoms with Crippen molar-refractivity contribution in [3.8, 4) is 0 Å². The first-order chi connectivity index (χ1) is 16.9. The van der Waals surface area contributed by atoms with Gasteiger partial charge < -0.3 is 0 Å². The van der Waals surface area contributed by atoms with E-state index in [1.807, 2.05) is 6.92 Å². The summed E-state index contributed by atoms with van der Waals surface area (Å²) in [7, 11) is 0. The summed E-state index contributed by atoms with van der Waals surface area (Å²) in [5.74, 6) is 0.364. The molecule has 0 saturated heterocycles. The van der Waals surface area contributed by atoms with Crippen molar-refractivity contribution in [3.05, 3.63) is 58.2 Å². The molecule has 1 aliphatic rings. The van der Waals surface area contributed by atoms with E-state index in [9.17, 15) is 22.8 Å². The van der Waals surface area contributed by atoms with Crippen molar-refractivity contribution >= 4 is 11.6 Å². The Balaban J connectivity index is 1.85. The zero-order valence-electron chi connectivity index (χ0n) is 22.6. The van der Waals surface area contributed by atoms with Gasteiger partial charge in [-0.05, 0) is 43.9 Å². The van der Waals surface area contributed by atoms with Gasteiger partial charge in [-0.25, -0.2) is 0 Å². The summed E-state index contributed by atoms with van der Waals surface area (Å²) >= 11 is 0. The van der Waals surface area contributed by atoms with Crippen LogP contribution in [0.5, 0.6) is 0 Å². The molecule has 1 aromatic rings. The molecule has 2 unspecified atom stereocenters. The lowest BCUT2D eigenvalue weighted by Crippen LogP contribution is -2.30. The second-order valence-electron chi connectivity index (χ2n) is 11.2. The number of carbonyl (C=O) groups is 2. The summed E-state index contributed by atoms with van der Waals surface area (Å²) in [6.07, 6.45) is 7.11. The number of Topliss-reactive ketones (excluding diaryl/α,β-unsaturated/α-hetero) is 2. The van der Waals surface area contributed by atoms with Crippen molar-refractivity contribution in [1.29, 1.82) is 0 Å². The number of alkyl halides is 3. The maximum Gasteiger partial charge on any atom is 0.420 e. The average Bonchev–Trinajstić information content (AvgIpc) is 2.79. The van der Waals surface area contributed by atoms with Gasteiger partial charge in [0.25, 0.3) is 0 Å². The number of rotatable bonds is 14. The van der Waals surface area contributed by atoms with E-state index in [-0.39, 0.29) is 17.5 Å². The number of fused-ring (bicyclic) bond motifs is 1. The van der Waals surface area contributed by atoms with Gasteiger partial charge in [0.05, 0.1) is 0 Å². The highest BCUT2D eigenvalue weighted by Crippen LogP contribution is 2.38. The van der Waals surface area contributed by atoms with Gasteiger partial charge in [0.2, 0.25) is 0 Å². The van der Waals surface area contributed by atoms with Crippen molar-refractivity contribution in [2.75, 3.05) is 0 Å². The monoisotopic (exact) mass is 504 g/mol. The molecule has 200 valence electrons. The van der Waals surface area contributed by atoms with Crippen LogP contribution in [0, 0.1) is 17.8 Å². The van der Waals surface area contributed by atoms with Crippen LogP contribution in [0.1, 0.15) is 120 Å². The molecule has 2 atom stereocenters. The predicted molar refractivity (Wildman–Crippen MR) is 141 cm³/mol. The quantitative estimate of drug-likeness (QED) is 0.236. The Bertz CT molecular complexity index is 953. The van der Waals surface area contributed by atoms with Crippen molar-refractivity contribution in [3.63, 3.8) is 0 Å². The number of ketones is 2. The van der Waals surface area contributed by atoms with Crippen LogP contribution in [0.15, 0.2) is 47.1 Å². The third kappa shape index (κ3) is 9.05. The van der Waals surface area contributed by atoms with E-state index >= 15 is 0 Å². The fourth-order valence-electron chi connectivity index (χ4n) is 5.01. The molecule has 0 N–H and O–H groups in total. The van der Waals surface area contributed by atoms with Gasteiger partial charge in [0.15, 0.2) is 11.6 Å². The minimum atomic E-state index is -4.86. The third-order valence-corrected chi connectivity index (χ3v) is 7.30. The molecule has 0 amide bonds. The van der Waals surface area contributed by atoms with Crippen LogP contribution in [-0.4, -0.2) is 17.7 Å². The lowest BCUT2D eigenvalue weighted by molar-refractivity contribution is -0.0896. The summed E-state index contributed by atoms with van der Waals surface area (Å²) < 4.78 is 41.2. The predicted octanol–water partition coefficient (Wildman–Crippen LogP) is 9.70. The van der Waals surface area contributed by atoms with Crippen LogP contribution >= 0.6 is 0 Å². The Labute approximate surface area is 215 Å². The van der Waals surface area contributed by atoms with Crippen LogP contribution < -0.4 is 0 Å². The van der Waals surface area contributed by atoms with Gasteiger partial charge in [0.1, 0.15) is 5.57 Å². The maximum absolute atomic E-state index is 13.7. The normalized spacial score (nSPS) is 16.5. The Morgan fingerprint density at radius 2 is 1.31 bits per heavy atom. The number of benzene rings is 1. The van der Waals surface area contributed by atoms with Gasteiger partial charge in [-0.2, -0.15) is 13.2 Å². The van der Waals surface area contributed by atoms with E-state index < -0.39 is 28.9 Å². The molecular weight excluding hydrogens is 461 g/mol. The van der Waals surface area contributed by atoms with Crippen molar-refractivity contribution < 1.29 is 22.8 Å². The van der Waals surface area contributed by atoms with Gasteiger partial charge in [-0.3, -0.25) is 9.59 Å². The zero-order chi connectivity index (χ0) is 26.9. The lowest BCUT2D eigenvalue weighted by Gasteiger charge is -2.22. The highest BCUT2D eigenvalue weighted by atomic mass is 19.4. The molecule has 36 heavy (non-hydrogen) atoms. The van der Waals surface area contributed by atoms with Crippen LogP contribution in [0.4, 0.5) is 13.2 Å². The molecule has 0 saturated carbocycles. The van der Waals surface area contributed by atoms with Gasteiger partial charge >= 0.3 is 6.18 Å². The van der Waals surface area contributed by atoms with E-state index in [1.165, 1.54) is 56.7 Å². The summed E-state index contributed by atoms with van der Waals surface area (Å²) in [5, 5.41) is 0. The van der Waals surface area contributed by atoms with E-state index in [4.69, 9.17) is 0 Å². The van der Waals surface area contributed by atoms with Gasteiger partial charge in [-0.15, -0.1) is 0 Å². The zero-order valence-corrected chi connectivity index (χ0v) is 22.6. The molecule has 0 aliphatic heterocycles. The number of hydrogen-bond donors (Lipinski definition) is 0. The standard InChI is InChI=1S/C31H43F3O2/c1-21(2)11-8-12-22(3)13-9-14-23(4)15-10-16-24(5)19-20-27-28(31(32,33)34)30(36)26-18-7-6-17-25(26)29(27)35/h6-7,17-19,21-23H,8-16,20H2,1-5H3. The minimum absolute atomic E-state index is 0.0552. The molecule has 0 spiro atoms. The molecule has 0 aromatic heterocycles. The van der Waals surface area contributed by atoms with E-state index in [2.05, 4.69) is 27.7 Å². The highest BCUT2D eigenvalue weighted by molar-refractivity contribution is 6.27. The molecule has 0 bridgehead atoms. The molecule has 2 nitrogen and oxygen atoms in total. The molecule has 0 heterocycles. The third-order valence-electron chi connectivity index (χ3n) is 7.30. The van der Waals surface area contributed by atoms with E-state index in [0.717, 1.165) is 36.7 Å². The Hall–Kier alpha value is -2.17. The summed E-state index contributed by atoms with van der Waals surface area (Å²) in [4.78, 5) is 25.4. The number of allylic oxidation sites excluding steroid dienone is 4. The first kappa shape index (κ1) is 30.1. The van der Waals surface area contributed by atoms with Crippen LogP contribution in [-0.2, 0) is 0 Å². The number of hydrogen-bond acceptors (Lipinski definition) is 2. The molecule has 5 heteroatoms. The lowest BCUT2D eigenvalue weighted by atomic mass is 9.82. The number of halogens is 3. The Morgan fingerprint density at radius 1 is 0.806 bits per heavy atom. The Morgan fingerprint density at radius 3 is 1.83 bits per heavy atom. The first-order valence-corrected chi connectivity index (χ1v) is 13.6. The minimum Gasteiger partial charge on any atom is -0.289 e. The van der Waals surface area contributed by atoms with Crippen LogP contribution in [0.3, 0.4) is 0 Å². The topological polar surface area (TPSA) is 34.1 Å². The molecule has 2 rings (SSSR count). The summed E-state index contributed by atoms with van der Waals surface area (Å²) in [5.41, 5.74) is -0.921. The second-order valence-corrected chi connectivity index (χ2v) is 11.2. The first-order valence-electron chi connectivity index (χ1n) is 13.6. The van der Waals surface area contributed by atoms with Gasteiger partial charge in [0, 0.05) is 16.7 Å². The van der Waals surface area contributed by atoms with Crippen molar-refractivity contribution in [2.45, 2.75) is 105 Å². The molecule has 1 aliphatic carbocycles. The summed E-state index contributed by atoms with van der Waals surface area (Å²) in [6, 6.07) is 5.75. The molecule has 0 fully saturated rings. The fourth-order valence-corrected chi connectivity index (χ4v) is 5.01. The Kier molecular flexibility index (Phi) is 11.6. The SMILES string of the molecule is CC(=CCC1=C(C(F)(F)F)C(=O)c2ccccc2C1=O)CCCC(C)CCCC(C)CCCC(C)C. The molecular formula is C31H43F3O2. The van der Waals surface area contributed by atoms with Crippen LogP contribution in [0.25, 0.3) is 0 Å². The van der Waals surface area contributed by atoms with Gasteiger partial charge in [-0.1, -0.05) is 109 Å². The maximum atomic E-state index is 13.7. The number of carbonyl (C=O) groups excluding carboxylic acids is 2. The smallest absolute Gasteiger partial charge is 0.289 e. The van der Waals surface area contributed by atoms with Crippen molar-refractivity contribution in [2.24, 2.45) is 17.8 Å². The molecule has 1 aromatic carbocycles. The van der Waals surface area contributed by atoms with Crippen LogP contribution in [0.2, 0.25) is 0 Å². The molecule has 0 radical (unpaired) electrons. The van der Waals surface area contributed by atoms with E-state index in [1.54, 1.807) is 12.1 Å². The largest absolute Gasteiger partial charge is 0.420 e. The average molecular weight is 505 g/mol. The fraction of sp³-hybridized carbons (Fsp3) is 0.613. The summed E-state index contributed by atoms with van der Waals surface area (Å²) in [6.45, 7) is 11.1. The second kappa shape index (κ2) is 13.9. The van der Waals surface area contributed by atoms with Crippen molar-refractivity contribution in [1.82, 2.24) is 0 Å². The highest BCUT2D eigenvalue weighted by Gasteiger charge is 2.46. The van der Waals surface area contributed by atoms with E-state index in [0.29, 0.717) is 5.92 Å².